The van der Waals surface area contributed by atoms with E-state index in [1.54, 1.807) is 6.92 Å². The molecule has 2 unspecified atom stereocenters. The number of hydrogen-bond acceptors (Lipinski definition) is 4. The van der Waals surface area contributed by atoms with Crippen LogP contribution in [0.3, 0.4) is 0 Å². The number of nitrogens with two attached hydrogens (primary N) is 1. The van der Waals surface area contributed by atoms with Crippen LogP contribution in [0.15, 0.2) is 30.3 Å². The van der Waals surface area contributed by atoms with Gasteiger partial charge in [0.25, 0.3) is 0 Å². The lowest BCUT2D eigenvalue weighted by molar-refractivity contribution is -0.144. The second-order valence-electron chi connectivity index (χ2n) is 4.62. The van der Waals surface area contributed by atoms with Gasteiger partial charge in [0.2, 0.25) is 7.37 Å². The lowest BCUT2D eigenvalue weighted by Crippen LogP contribution is -2.28. The highest BCUT2D eigenvalue weighted by molar-refractivity contribution is 7.58. The van der Waals surface area contributed by atoms with Gasteiger partial charge in [-0.25, -0.2) is 0 Å². The van der Waals surface area contributed by atoms with Crippen molar-refractivity contribution in [1.29, 1.82) is 0 Å². The first-order valence-electron chi connectivity index (χ1n) is 6.05. The van der Waals surface area contributed by atoms with Gasteiger partial charge in [0.1, 0.15) is 0 Å². The van der Waals surface area contributed by atoms with Gasteiger partial charge in [0, 0.05) is 6.16 Å². The number of carbonyl (C=O) groups is 1. The van der Waals surface area contributed by atoms with Crippen LogP contribution in [0.1, 0.15) is 12.5 Å². The van der Waals surface area contributed by atoms with E-state index in [4.69, 9.17) is 5.73 Å². The number of ether oxygens (including phenoxy) is 1. The maximum atomic E-state index is 12.2. The van der Waals surface area contributed by atoms with E-state index in [0.717, 1.165) is 5.56 Å². The van der Waals surface area contributed by atoms with Crippen LogP contribution < -0.4 is 5.73 Å². The highest BCUT2D eigenvalue weighted by Gasteiger charge is 2.32. The molecule has 5 nitrogen and oxygen atoms in total. The highest BCUT2D eigenvalue weighted by Crippen LogP contribution is 2.46. The van der Waals surface area contributed by atoms with Gasteiger partial charge in [-0.3, -0.25) is 9.36 Å². The van der Waals surface area contributed by atoms with Crippen LogP contribution in [0, 0.1) is 5.92 Å². The summed E-state index contributed by atoms with van der Waals surface area (Å²) < 4.78 is 16.7. The van der Waals surface area contributed by atoms with Gasteiger partial charge in [0.15, 0.2) is 0 Å². The fraction of sp³-hybridized carbons (Fsp3) is 0.462. The lowest BCUT2D eigenvalue weighted by Gasteiger charge is -2.21. The molecular formula is C13H20NO4P. The third kappa shape index (κ3) is 4.78. The van der Waals surface area contributed by atoms with Gasteiger partial charge in [-0.05, 0) is 12.0 Å². The van der Waals surface area contributed by atoms with Crippen LogP contribution in [0.25, 0.3) is 0 Å². The van der Waals surface area contributed by atoms with E-state index in [2.05, 4.69) is 4.74 Å². The van der Waals surface area contributed by atoms with Crippen molar-refractivity contribution in [2.45, 2.75) is 19.1 Å². The van der Waals surface area contributed by atoms with Gasteiger partial charge in [-0.15, -0.1) is 0 Å². The van der Waals surface area contributed by atoms with Gasteiger partial charge >= 0.3 is 5.97 Å². The number of carbonyl (C=O) groups excluding carboxylic acids is 1. The zero-order valence-corrected chi connectivity index (χ0v) is 12.0. The summed E-state index contributed by atoms with van der Waals surface area (Å²) in [7, 11) is -2.34. The molecule has 0 aliphatic rings. The smallest absolute Gasteiger partial charge is 0.308 e. The number of benzene rings is 1. The molecule has 0 aromatic heterocycles. The van der Waals surface area contributed by atoms with E-state index in [1.807, 2.05) is 30.3 Å². The topological polar surface area (TPSA) is 89.6 Å². The van der Waals surface area contributed by atoms with Crippen molar-refractivity contribution >= 4 is 13.3 Å². The Balaban J connectivity index is 2.66. The van der Waals surface area contributed by atoms with Crippen molar-refractivity contribution < 1.29 is 19.0 Å². The Labute approximate surface area is 113 Å². The Morgan fingerprint density at radius 3 is 2.53 bits per heavy atom. The van der Waals surface area contributed by atoms with E-state index >= 15 is 0 Å². The second-order valence-corrected chi connectivity index (χ2v) is 7.16. The first-order chi connectivity index (χ1) is 8.86. The molecule has 0 fully saturated rings. The Morgan fingerprint density at radius 2 is 2.00 bits per heavy atom. The minimum atomic E-state index is -3.60. The standard InChI is InChI=1S/C13H20NO4P/c1-10(13(15)18-2)9-19(16,17)12(14)8-11-6-4-3-5-7-11/h3-7,10,12H,8-9,14H2,1-2H3,(H,16,17)/t10?,12-/m1/s1. The van der Waals surface area contributed by atoms with Crippen molar-refractivity contribution in [2.24, 2.45) is 11.7 Å². The summed E-state index contributed by atoms with van der Waals surface area (Å²) in [6, 6.07) is 9.27. The minimum absolute atomic E-state index is 0.159. The van der Waals surface area contributed by atoms with E-state index < -0.39 is 25.0 Å². The monoisotopic (exact) mass is 285 g/mol. The molecule has 0 radical (unpaired) electrons. The Hall–Kier alpha value is -1.16. The third-order valence-electron chi connectivity index (χ3n) is 2.94. The van der Waals surface area contributed by atoms with Crippen molar-refractivity contribution in [3.63, 3.8) is 0 Å². The predicted octanol–water partition coefficient (Wildman–Crippen LogP) is 1.59. The average molecular weight is 285 g/mol. The van der Waals surface area contributed by atoms with Crippen LogP contribution >= 0.6 is 7.37 Å². The van der Waals surface area contributed by atoms with Crippen molar-refractivity contribution in [2.75, 3.05) is 13.3 Å². The molecule has 1 aromatic carbocycles. The summed E-state index contributed by atoms with van der Waals surface area (Å²) in [5, 5.41) is 0. The molecule has 3 atom stereocenters. The molecule has 0 spiro atoms. The molecule has 0 aliphatic heterocycles. The van der Waals surface area contributed by atoms with Crippen molar-refractivity contribution in [1.82, 2.24) is 0 Å². The molecule has 0 amide bonds. The molecule has 1 rings (SSSR count). The Bertz CT molecular complexity index is 463. The predicted molar refractivity (Wildman–Crippen MR) is 74.0 cm³/mol. The Kier molecular flexibility index (Phi) is 5.73. The second kappa shape index (κ2) is 6.85. The number of esters is 1. The molecule has 0 saturated carbocycles. The molecule has 0 aliphatic carbocycles. The first kappa shape index (κ1) is 15.9. The third-order valence-corrected chi connectivity index (χ3v) is 5.23. The molecule has 0 bridgehead atoms. The van der Waals surface area contributed by atoms with E-state index in [-0.39, 0.29) is 6.16 Å². The normalized spacial score (nSPS) is 17.3. The molecule has 1 aromatic rings. The SMILES string of the molecule is COC(=O)C(C)CP(=O)(O)[C@@H](N)Cc1ccccc1. The van der Waals surface area contributed by atoms with Crippen LogP contribution in [0.4, 0.5) is 0 Å². The van der Waals surface area contributed by atoms with Gasteiger partial charge in [-0.2, -0.15) is 0 Å². The first-order valence-corrected chi connectivity index (χ1v) is 7.97. The van der Waals surface area contributed by atoms with Crippen LogP contribution in [0.5, 0.6) is 0 Å². The molecule has 6 heteroatoms. The fourth-order valence-electron chi connectivity index (χ4n) is 1.80. The summed E-state index contributed by atoms with van der Waals surface area (Å²) in [4.78, 5) is 21.3. The Morgan fingerprint density at radius 1 is 1.42 bits per heavy atom. The number of rotatable bonds is 6. The number of methoxy groups -OCH3 is 1. The highest BCUT2D eigenvalue weighted by atomic mass is 31.2. The van der Waals surface area contributed by atoms with Gasteiger partial charge in [0.05, 0.1) is 18.8 Å². The van der Waals surface area contributed by atoms with E-state index in [1.165, 1.54) is 7.11 Å². The summed E-state index contributed by atoms with van der Waals surface area (Å²) in [6.07, 6.45) is 0.149. The lowest BCUT2D eigenvalue weighted by atomic mass is 10.1. The minimum Gasteiger partial charge on any atom is -0.469 e. The average Bonchev–Trinajstić information content (AvgIpc) is 2.38. The van der Waals surface area contributed by atoms with Crippen LogP contribution in [0.2, 0.25) is 0 Å². The van der Waals surface area contributed by atoms with Gasteiger partial charge < -0.3 is 15.4 Å². The number of hydrogen-bond donors (Lipinski definition) is 2. The zero-order valence-electron chi connectivity index (χ0n) is 11.2. The maximum Gasteiger partial charge on any atom is 0.308 e. The largest absolute Gasteiger partial charge is 0.469 e. The molecular weight excluding hydrogens is 265 g/mol. The molecule has 106 valence electrons. The van der Waals surface area contributed by atoms with Gasteiger partial charge in [-0.1, -0.05) is 37.3 Å². The summed E-state index contributed by atoms with van der Waals surface area (Å²) >= 11 is 0. The van der Waals surface area contributed by atoms with Crippen LogP contribution in [-0.4, -0.2) is 29.9 Å². The molecule has 3 N–H and O–H groups in total. The summed E-state index contributed by atoms with van der Waals surface area (Å²) in [5.41, 5.74) is 6.71. The van der Waals surface area contributed by atoms with E-state index in [0.29, 0.717) is 6.42 Å². The van der Waals surface area contributed by atoms with E-state index in [9.17, 15) is 14.3 Å². The fourth-order valence-corrected chi connectivity index (χ4v) is 3.50. The quantitative estimate of drug-likeness (QED) is 0.612. The summed E-state index contributed by atoms with van der Waals surface area (Å²) in [6.45, 7) is 1.56. The molecule has 19 heavy (non-hydrogen) atoms. The summed E-state index contributed by atoms with van der Waals surface area (Å²) in [5.74, 6) is -2.01. The maximum absolute atomic E-state index is 12.2. The van der Waals surface area contributed by atoms with Crippen molar-refractivity contribution in [3.8, 4) is 0 Å². The van der Waals surface area contributed by atoms with Crippen LogP contribution in [-0.2, 0) is 20.5 Å². The zero-order chi connectivity index (χ0) is 14.5. The van der Waals surface area contributed by atoms with Crippen molar-refractivity contribution in [3.05, 3.63) is 35.9 Å². The molecule has 0 heterocycles. The molecule has 0 saturated heterocycles.